The summed E-state index contributed by atoms with van der Waals surface area (Å²) in [5, 5.41) is 0. The number of hydrogen-bond acceptors (Lipinski definition) is 2. The molecule has 19 heavy (non-hydrogen) atoms. The summed E-state index contributed by atoms with van der Waals surface area (Å²) in [5.41, 5.74) is 8.62. The predicted molar refractivity (Wildman–Crippen MR) is 75.9 cm³/mol. The van der Waals surface area contributed by atoms with E-state index in [2.05, 4.69) is 19.1 Å². The molecule has 2 aliphatic rings. The molecule has 0 saturated carbocycles. The Labute approximate surface area is 114 Å². The molecule has 3 nitrogen and oxygen atoms in total. The third-order valence-corrected chi connectivity index (χ3v) is 4.93. The fourth-order valence-corrected chi connectivity index (χ4v) is 3.17. The van der Waals surface area contributed by atoms with E-state index in [9.17, 15) is 4.79 Å². The molecule has 1 aliphatic carbocycles. The molecule has 1 unspecified atom stereocenters. The SMILES string of the molecule is CC1(CN)CCN(C(=O)C2Cc3ccccc32)CC1. The number of amides is 1. The smallest absolute Gasteiger partial charge is 0.230 e. The minimum absolute atomic E-state index is 0.110. The standard InChI is InChI=1S/C16H22N2O/c1-16(11-17)6-8-18(9-7-16)15(19)14-10-12-4-2-3-5-13(12)14/h2-5,14H,6-11,17H2,1H3. The molecule has 2 N–H and O–H groups in total. The van der Waals surface area contributed by atoms with Gasteiger partial charge in [-0.1, -0.05) is 31.2 Å². The summed E-state index contributed by atoms with van der Waals surface area (Å²) >= 11 is 0. The third kappa shape index (κ3) is 2.16. The number of hydrogen-bond donors (Lipinski definition) is 1. The van der Waals surface area contributed by atoms with Crippen molar-refractivity contribution in [1.29, 1.82) is 0 Å². The van der Waals surface area contributed by atoms with Crippen molar-refractivity contribution in [3.05, 3.63) is 35.4 Å². The number of piperidine rings is 1. The molecule has 3 heteroatoms. The molecule has 1 heterocycles. The molecule has 0 aromatic heterocycles. The van der Waals surface area contributed by atoms with Gasteiger partial charge in [-0.15, -0.1) is 0 Å². The number of nitrogens with zero attached hydrogens (tertiary/aromatic N) is 1. The van der Waals surface area contributed by atoms with Crippen LogP contribution in [0.25, 0.3) is 0 Å². The number of benzene rings is 1. The van der Waals surface area contributed by atoms with Crippen molar-refractivity contribution in [2.75, 3.05) is 19.6 Å². The van der Waals surface area contributed by atoms with Crippen molar-refractivity contribution in [2.45, 2.75) is 32.1 Å². The molecule has 1 fully saturated rings. The highest BCUT2D eigenvalue weighted by molar-refractivity contribution is 5.87. The van der Waals surface area contributed by atoms with Crippen LogP contribution in [0.3, 0.4) is 0 Å². The maximum absolute atomic E-state index is 12.5. The van der Waals surface area contributed by atoms with E-state index in [1.165, 1.54) is 11.1 Å². The Morgan fingerprint density at radius 1 is 1.37 bits per heavy atom. The summed E-state index contributed by atoms with van der Waals surface area (Å²) < 4.78 is 0. The van der Waals surface area contributed by atoms with Crippen LogP contribution in [0, 0.1) is 5.41 Å². The zero-order chi connectivity index (χ0) is 13.5. The van der Waals surface area contributed by atoms with Gasteiger partial charge in [-0.2, -0.15) is 0 Å². The van der Waals surface area contributed by atoms with Crippen LogP contribution >= 0.6 is 0 Å². The quantitative estimate of drug-likeness (QED) is 0.881. The summed E-state index contributed by atoms with van der Waals surface area (Å²) in [6.07, 6.45) is 2.98. The number of rotatable bonds is 2. The Bertz CT molecular complexity index is 489. The normalized spacial score (nSPS) is 24.5. The average Bonchev–Trinajstić information content (AvgIpc) is 2.41. The fourth-order valence-electron chi connectivity index (χ4n) is 3.17. The number of carbonyl (C=O) groups excluding carboxylic acids is 1. The van der Waals surface area contributed by atoms with Crippen LogP contribution in [0.4, 0.5) is 0 Å². The van der Waals surface area contributed by atoms with Gasteiger partial charge in [-0.05, 0) is 42.3 Å². The fraction of sp³-hybridized carbons (Fsp3) is 0.562. The highest BCUT2D eigenvalue weighted by Gasteiger charge is 2.37. The lowest BCUT2D eigenvalue weighted by molar-refractivity contribution is -0.135. The van der Waals surface area contributed by atoms with Gasteiger partial charge in [0.15, 0.2) is 0 Å². The number of nitrogens with two attached hydrogens (primary N) is 1. The van der Waals surface area contributed by atoms with Crippen LogP contribution in [-0.4, -0.2) is 30.4 Å². The topological polar surface area (TPSA) is 46.3 Å². The molecular formula is C16H22N2O. The van der Waals surface area contributed by atoms with Crippen LogP contribution < -0.4 is 5.73 Å². The lowest BCUT2D eigenvalue weighted by atomic mass is 9.75. The Morgan fingerprint density at radius 3 is 2.68 bits per heavy atom. The molecule has 0 radical (unpaired) electrons. The van der Waals surface area contributed by atoms with Gasteiger partial charge in [0.25, 0.3) is 0 Å². The summed E-state index contributed by atoms with van der Waals surface area (Å²) in [5.74, 6) is 0.427. The lowest BCUT2D eigenvalue weighted by Gasteiger charge is -2.41. The van der Waals surface area contributed by atoms with Crippen molar-refractivity contribution in [3.63, 3.8) is 0 Å². The first-order valence-electron chi connectivity index (χ1n) is 7.20. The molecule has 0 spiro atoms. The predicted octanol–water partition coefficient (Wildman–Crippen LogP) is 1.91. The van der Waals surface area contributed by atoms with Gasteiger partial charge in [-0.25, -0.2) is 0 Å². The molecule has 0 bridgehead atoms. The maximum Gasteiger partial charge on any atom is 0.230 e. The zero-order valence-corrected chi connectivity index (χ0v) is 11.6. The van der Waals surface area contributed by atoms with E-state index in [1.54, 1.807) is 0 Å². The maximum atomic E-state index is 12.5. The molecule has 1 aliphatic heterocycles. The second-order valence-corrected chi connectivity index (χ2v) is 6.30. The van der Waals surface area contributed by atoms with Crippen LogP contribution in [0.5, 0.6) is 0 Å². The first kappa shape index (κ1) is 12.7. The van der Waals surface area contributed by atoms with Gasteiger partial charge in [0.05, 0.1) is 5.92 Å². The first-order chi connectivity index (χ1) is 9.13. The van der Waals surface area contributed by atoms with Gasteiger partial charge >= 0.3 is 0 Å². The van der Waals surface area contributed by atoms with Gasteiger partial charge in [0.2, 0.25) is 5.91 Å². The van der Waals surface area contributed by atoms with Gasteiger partial charge in [0.1, 0.15) is 0 Å². The van der Waals surface area contributed by atoms with E-state index >= 15 is 0 Å². The molecule has 1 saturated heterocycles. The van der Waals surface area contributed by atoms with Crippen molar-refractivity contribution < 1.29 is 4.79 Å². The van der Waals surface area contributed by atoms with E-state index in [4.69, 9.17) is 5.73 Å². The van der Waals surface area contributed by atoms with Crippen LogP contribution in [-0.2, 0) is 11.2 Å². The zero-order valence-electron chi connectivity index (χ0n) is 11.6. The highest BCUT2D eigenvalue weighted by Crippen LogP contribution is 2.38. The monoisotopic (exact) mass is 258 g/mol. The van der Waals surface area contributed by atoms with Crippen LogP contribution in [0.1, 0.15) is 36.8 Å². The molecule has 102 valence electrons. The third-order valence-electron chi connectivity index (χ3n) is 4.93. The van der Waals surface area contributed by atoms with Crippen molar-refractivity contribution >= 4 is 5.91 Å². The number of likely N-dealkylation sites (tertiary alicyclic amines) is 1. The minimum atomic E-state index is 0.110. The Balaban J connectivity index is 1.65. The van der Waals surface area contributed by atoms with Crippen LogP contribution in [0.15, 0.2) is 24.3 Å². The largest absolute Gasteiger partial charge is 0.342 e. The Morgan fingerprint density at radius 2 is 2.05 bits per heavy atom. The number of fused-ring (bicyclic) bond motifs is 1. The second kappa shape index (κ2) is 4.64. The Hall–Kier alpha value is -1.35. The molecule has 1 aromatic carbocycles. The van der Waals surface area contributed by atoms with Crippen molar-refractivity contribution in [2.24, 2.45) is 11.1 Å². The van der Waals surface area contributed by atoms with Gasteiger partial charge < -0.3 is 10.6 Å². The van der Waals surface area contributed by atoms with E-state index < -0.39 is 0 Å². The van der Waals surface area contributed by atoms with Crippen molar-refractivity contribution in [3.8, 4) is 0 Å². The minimum Gasteiger partial charge on any atom is -0.342 e. The summed E-state index contributed by atoms with van der Waals surface area (Å²) in [6.45, 7) is 4.69. The molecule has 1 atom stereocenters. The van der Waals surface area contributed by atoms with Crippen LogP contribution in [0.2, 0.25) is 0 Å². The lowest BCUT2D eigenvalue weighted by Crippen LogP contribution is -2.47. The van der Waals surface area contributed by atoms with E-state index in [0.29, 0.717) is 5.91 Å². The number of carbonyl (C=O) groups is 1. The Kier molecular flexibility index (Phi) is 3.09. The molecular weight excluding hydrogens is 236 g/mol. The highest BCUT2D eigenvalue weighted by atomic mass is 16.2. The van der Waals surface area contributed by atoms with E-state index in [1.807, 2.05) is 17.0 Å². The van der Waals surface area contributed by atoms with Gasteiger partial charge in [0, 0.05) is 13.1 Å². The molecule has 1 aromatic rings. The second-order valence-electron chi connectivity index (χ2n) is 6.30. The summed E-state index contributed by atoms with van der Waals surface area (Å²) in [6, 6.07) is 8.29. The summed E-state index contributed by atoms with van der Waals surface area (Å²) in [4.78, 5) is 14.6. The summed E-state index contributed by atoms with van der Waals surface area (Å²) in [7, 11) is 0. The average molecular weight is 258 g/mol. The van der Waals surface area contributed by atoms with E-state index in [0.717, 1.165) is 38.9 Å². The molecule has 3 rings (SSSR count). The van der Waals surface area contributed by atoms with Gasteiger partial charge in [-0.3, -0.25) is 4.79 Å². The van der Waals surface area contributed by atoms with E-state index in [-0.39, 0.29) is 11.3 Å². The molecule has 1 amide bonds. The van der Waals surface area contributed by atoms with Crippen molar-refractivity contribution in [1.82, 2.24) is 4.90 Å². The first-order valence-corrected chi connectivity index (χ1v) is 7.20.